The normalized spacial score (nSPS) is 28.1. The average Bonchev–Trinajstić information content (AvgIpc) is 3.10. The van der Waals surface area contributed by atoms with Gasteiger partial charge in [0, 0.05) is 38.2 Å². The number of nitrogens with two attached hydrogens (primary N) is 1. The minimum Gasteiger partial charge on any atom is -0.398 e. The summed E-state index contributed by atoms with van der Waals surface area (Å²) in [5.41, 5.74) is 9.72. The van der Waals surface area contributed by atoms with Crippen molar-refractivity contribution in [2.45, 2.75) is 50.5 Å². The van der Waals surface area contributed by atoms with Gasteiger partial charge < -0.3 is 15.2 Å². The van der Waals surface area contributed by atoms with Gasteiger partial charge in [0.05, 0.1) is 12.7 Å². The molecular weight excluding hydrogens is 264 g/mol. The van der Waals surface area contributed by atoms with Crippen LogP contribution in [0.15, 0.2) is 18.2 Å². The summed E-state index contributed by atoms with van der Waals surface area (Å²) in [6.07, 6.45) is 5.89. The lowest BCUT2D eigenvalue weighted by molar-refractivity contribution is -0.163. The Balaban J connectivity index is 1.39. The van der Waals surface area contributed by atoms with E-state index in [9.17, 15) is 0 Å². The van der Waals surface area contributed by atoms with Crippen LogP contribution >= 0.6 is 0 Å². The van der Waals surface area contributed by atoms with Gasteiger partial charge >= 0.3 is 0 Å². The molecule has 4 nitrogen and oxygen atoms in total. The van der Waals surface area contributed by atoms with Crippen LogP contribution in [0.1, 0.15) is 36.8 Å². The first-order valence-electron chi connectivity index (χ1n) is 8.14. The Hall–Kier alpha value is -1.10. The highest BCUT2D eigenvalue weighted by molar-refractivity contribution is 5.51. The van der Waals surface area contributed by atoms with Crippen molar-refractivity contribution in [2.24, 2.45) is 0 Å². The number of ether oxygens (including phenoxy) is 2. The van der Waals surface area contributed by atoms with E-state index >= 15 is 0 Å². The van der Waals surface area contributed by atoms with E-state index in [0.717, 1.165) is 51.2 Å². The molecule has 3 aliphatic rings. The lowest BCUT2D eigenvalue weighted by Gasteiger charge is -2.31. The number of nitrogen functional groups attached to an aromatic ring is 1. The molecule has 2 N–H and O–H groups in total. The molecule has 1 atom stereocenters. The molecule has 0 bridgehead atoms. The standard InChI is InChI=1S/C17H24N2O2/c18-16-5-3-4-13-10-19(9-6-15(13)16)11-14-12-20-17(21-14)7-1-2-8-17/h3-5,14H,1-2,6-12,18H2. The summed E-state index contributed by atoms with van der Waals surface area (Å²) in [6.45, 7) is 3.76. The fraction of sp³-hybridized carbons (Fsp3) is 0.647. The fourth-order valence-electron chi connectivity index (χ4n) is 4.02. The number of hydrogen-bond acceptors (Lipinski definition) is 4. The molecule has 114 valence electrons. The van der Waals surface area contributed by atoms with Crippen molar-refractivity contribution in [1.82, 2.24) is 4.90 Å². The second-order valence-corrected chi connectivity index (χ2v) is 6.64. The first kappa shape index (κ1) is 13.6. The third-order valence-electron chi connectivity index (χ3n) is 5.12. The van der Waals surface area contributed by atoms with Gasteiger partial charge in [-0.2, -0.15) is 0 Å². The van der Waals surface area contributed by atoms with Crippen LogP contribution in [-0.4, -0.2) is 36.5 Å². The molecule has 1 aromatic rings. The SMILES string of the molecule is Nc1cccc2c1CCN(CC1COC3(CCCC3)O1)C2. The molecule has 0 radical (unpaired) electrons. The number of nitrogens with zero attached hydrogens (tertiary/aromatic N) is 1. The Bertz CT molecular complexity index is 526. The highest BCUT2D eigenvalue weighted by Crippen LogP contribution is 2.39. The highest BCUT2D eigenvalue weighted by atomic mass is 16.7. The van der Waals surface area contributed by atoms with Crippen LogP contribution in [0.4, 0.5) is 5.69 Å². The first-order valence-corrected chi connectivity index (χ1v) is 8.14. The molecule has 2 aliphatic heterocycles. The van der Waals surface area contributed by atoms with E-state index in [1.165, 1.54) is 24.0 Å². The van der Waals surface area contributed by atoms with Crippen LogP contribution in [-0.2, 0) is 22.4 Å². The van der Waals surface area contributed by atoms with Crippen molar-refractivity contribution in [3.05, 3.63) is 29.3 Å². The van der Waals surface area contributed by atoms with Gasteiger partial charge in [0.25, 0.3) is 0 Å². The highest BCUT2D eigenvalue weighted by Gasteiger charge is 2.44. The molecule has 4 heteroatoms. The second-order valence-electron chi connectivity index (χ2n) is 6.64. The van der Waals surface area contributed by atoms with Gasteiger partial charge in [-0.1, -0.05) is 12.1 Å². The van der Waals surface area contributed by atoms with Crippen molar-refractivity contribution in [2.75, 3.05) is 25.4 Å². The van der Waals surface area contributed by atoms with Crippen LogP contribution < -0.4 is 5.73 Å². The molecule has 2 heterocycles. The third kappa shape index (κ3) is 2.56. The second kappa shape index (κ2) is 5.27. The molecule has 0 amide bonds. The zero-order valence-electron chi connectivity index (χ0n) is 12.5. The van der Waals surface area contributed by atoms with Crippen molar-refractivity contribution < 1.29 is 9.47 Å². The van der Waals surface area contributed by atoms with E-state index in [1.807, 2.05) is 6.07 Å². The molecule has 1 saturated heterocycles. The van der Waals surface area contributed by atoms with E-state index in [-0.39, 0.29) is 11.9 Å². The Morgan fingerprint density at radius 1 is 1.29 bits per heavy atom. The minimum atomic E-state index is -0.233. The van der Waals surface area contributed by atoms with Crippen molar-refractivity contribution in [3.8, 4) is 0 Å². The van der Waals surface area contributed by atoms with Crippen LogP contribution in [0, 0.1) is 0 Å². The van der Waals surface area contributed by atoms with E-state index in [1.54, 1.807) is 0 Å². The van der Waals surface area contributed by atoms with Gasteiger partial charge in [-0.05, 0) is 36.5 Å². The number of benzene rings is 1. The van der Waals surface area contributed by atoms with Crippen molar-refractivity contribution in [1.29, 1.82) is 0 Å². The van der Waals surface area contributed by atoms with Crippen LogP contribution in [0.5, 0.6) is 0 Å². The maximum atomic E-state index is 6.24. The van der Waals surface area contributed by atoms with Crippen LogP contribution in [0.25, 0.3) is 0 Å². The topological polar surface area (TPSA) is 47.7 Å². The lowest BCUT2D eigenvalue weighted by atomic mass is 9.98. The molecule has 1 spiro atoms. The summed E-state index contributed by atoms with van der Waals surface area (Å²) in [5, 5.41) is 0. The lowest BCUT2D eigenvalue weighted by Crippen LogP contribution is -2.38. The quantitative estimate of drug-likeness (QED) is 0.848. The predicted octanol–water partition coefficient (Wildman–Crippen LogP) is 2.31. The molecule has 1 aromatic carbocycles. The van der Waals surface area contributed by atoms with Crippen LogP contribution in [0.3, 0.4) is 0 Å². The minimum absolute atomic E-state index is 0.228. The maximum absolute atomic E-state index is 6.24. The average molecular weight is 288 g/mol. The van der Waals surface area contributed by atoms with Gasteiger partial charge in [-0.25, -0.2) is 0 Å². The Labute approximate surface area is 126 Å². The maximum Gasteiger partial charge on any atom is 0.168 e. The molecule has 1 aliphatic carbocycles. The summed E-state index contributed by atoms with van der Waals surface area (Å²) >= 11 is 0. The first-order chi connectivity index (χ1) is 10.2. The summed E-state index contributed by atoms with van der Waals surface area (Å²) in [6, 6.07) is 6.26. The molecule has 4 rings (SSSR count). The predicted molar refractivity (Wildman–Crippen MR) is 81.9 cm³/mol. The fourth-order valence-corrected chi connectivity index (χ4v) is 4.02. The summed E-state index contributed by atoms with van der Waals surface area (Å²) in [5.74, 6) is -0.233. The Morgan fingerprint density at radius 3 is 3.00 bits per heavy atom. The Kier molecular flexibility index (Phi) is 3.40. The number of anilines is 1. The van der Waals surface area contributed by atoms with Gasteiger partial charge in [0.2, 0.25) is 0 Å². The molecule has 0 aromatic heterocycles. The van der Waals surface area contributed by atoms with E-state index in [2.05, 4.69) is 17.0 Å². The van der Waals surface area contributed by atoms with Gasteiger partial charge in [-0.3, -0.25) is 4.90 Å². The van der Waals surface area contributed by atoms with Crippen LogP contribution in [0.2, 0.25) is 0 Å². The zero-order valence-corrected chi connectivity index (χ0v) is 12.5. The smallest absolute Gasteiger partial charge is 0.168 e. The molecule has 1 unspecified atom stereocenters. The third-order valence-corrected chi connectivity index (χ3v) is 5.12. The summed E-state index contributed by atoms with van der Waals surface area (Å²) < 4.78 is 12.2. The monoisotopic (exact) mass is 288 g/mol. The van der Waals surface area contributed by atoms with Crippen molar-refractivity contribution in [3.63, 3.8) is 0 Å². The molecule has 2 fully saturated rings. The van der Waals surface area contributed by atoms with Gasteiger partial charge in [0.15, 0.2) is 5.79 Å². The zero-order chi connectivity index (χ0) is 14.3. The number of rotatable bonds is 2. The van der Waals surface area contributed by atoms with Crippen molar-refractivity contribution >= 4 is 5.69 Å². The summed E-state index contributed by atoms with van der Waals surface area (Å²) in [4.78, 5) is 2.48. The molecule has 1 saturated carbocycles. The molecule has 21 heavy (non-hydrogen) atoms. The summed E-state index contributed by atoms with van der Waals surface area (Å²) in [7, 11) is 0. The molecular formula is C17H24N2O2. The van der Waals surface area contributed by atoms with Gasteiger partial charge in [-0.15, -0.1) is 0 Å². The van der Waals surface area contributed by atoms with E-state index in [4.69, 9.17) is 15.2 Å². The number of fused-ring (bicyclic) bond motifs is 1. The number of hydrogen-bond donors (Lipinski definition) is 1. The Morgan fingerprint density at radius 2 is 2.14 bits per heavy atom. The largest absolute Gasteiger partial charge is 0.398 e. The van der Waals surface area contributed by atoms with Gasteiger partial charge in [0.1, 0.15) is 0 Å². The van der Waals surface area contributed by atoms with E-state index < -0.39 is 0 Å². The van der Waals surface area contributed by atoms with E-state index in [0.29, 0.717) is 0 Å².